The molecule has 0 aromatic rings. The van der Waals surface area contributed by atoms with Gasteiger partial charge < -0.3 is 0 Å². The van der Waals surface area contributed by atoms with Gasteiger partial charge in [-0.2, -0.15) is 0 Å². The summed E-state index contributed by atoms with van der Waals surface area (Å²) < 4.78 is 12.4. The lowest BCUT2D eigenvalue weighted by Crippen LogP contribution is -2.24. The third-order valence-electron chi connectivity index (χ3n) is 1.60. The fourth-order valence-corrected chi connectivity index (χ4v) is 0.980. The maximum absolute atomic E-state index is 12.4. The minimum absolute atomic E-state index is 0.590. The van der Waals surface area contributed by atoms with E-state index in [0.717, 1.165) is 6.42 Å². The van der Waals surface area contributed by atoms with Gasteiger partial charge in [-0.3, -0.25) is 4.90 Å². The summed E-state index contributed by atoms with van der Waals surface area (Å²) in [5.41, 5.74) is 0. The molecule has 0 saturated carbocycles. The third-order valence-corrected chi connectivity index (χ3v) is 1.84. The Morgan fingerprint density at radius 1 is 1.55 bits per heavy atom. The second-order valence-corrected chi connectivity index (χ2v) is 3.31. The zero-order valence-corrected chi connectivity index (χ0v) is 8.16. The Balaban J connectivity index is 3.52. The third kappa shape index (κ3) is 5.45. The van der Waals surface area contributed by atoms with Crippen molar-refractivity contribution in [2.45, 2.75) is 27.2 Å². The molecule has 0 amide bonds. The molecular weight excluding hydrogens is 165 g/mol. The molecule has 0 aliphatic rings. The van der Waals surface area contributed by atoms with Gasteiger partial charge in [0.2, 0.25) is 0 Å². The van der Waals surface area contributed by atoms with E-state index in [2.05, 4.69) is 13.8 Å². The van der Waals surface area contributed by atoms with Crippen molar-refractivity contribution in [1.29, 1.82) is 0 Å². The summed E-state index contributed by atoms with van der Waals surface area (Å²) in [6, 6.07) is 0. The summed E-state index contributed by atoms with van der Waals surface area (Å²) in [5, 5.41) is 0. The number of rotatable bonds is 5. The van der Waals surface area contributed by atoms with Crippen LogP contribution in [-0.4, -0.2) is 18.0 Å². The molecule has 0 unspecified atom stereocenters. The van der Waals surface area contributed by atoms with E-state index in [0.29, 0.717) is 19.0 Å². The monoisotopic (exact) mass is 180 g/mol. The van der Waals surface area contributed by atoms with E-state index >= 15 is 0 Å². The molecule has 1 radical (unpaired) electrons. The van der Waals surface area contributed by atoms with Gasteiger partial charge in [-0.15, -0.1) is 0 Å². The van der Waals surface area contributed by atoms with Crippen LogP contribution in [0.1, 0.15) is 27.2 Å². The van der Waals surface area contributed by atoms with Gasteiger partial charge in [-0.05, 0) is 18.9 Å². The van der Waals surface area contributed by atoms with Crippen LogP contribution in [0.25, 0.3) is 0 Å². The number of halogens is 2. The quantitative estimate of drug-likeness (QED) is 0.588. The van der Waals surface area contributed by atoms with Crippen LogP contribution >= 0.6 is 11.6 Å². The van der Waals surface area contributed by atoms with E-state index in [1.54, 1.807) is 0 Å². The Morgan fingerprint density at radius 3 is 2.36 bits per heavy atom. The molecule has 1 nitrogen and oxygen atoms in total. The molecule has 0 spiro atoms. The molecule has 0 heterocycles. The van der Waals surface area contributed by atoms with E-state index in [9.17, 15) is 4.39 Å². The normalized spacial score (nSPS) is 12.0. The lowest BCUT2D eigenvalue weighted by Gasteiger charge is -2.19. The first-order chi connectivity index (χ1) is 5.07. The molecule has 11 heavy (non-hydrogen) atoms. The van der Waals surface area contributed by atoms with Crippen molar-refractivity contribution in [2.24, 2.45) is 5.92 Å². The fourth-order valence-electron chi connectivity index (χ4n) is 0.776. The highest BCUT2D eigenvalue weighted by Gasteiger charge is 2.13. The van der Waals surface area contributed by atoms with E-state index in [1.165, 1.54) is 4.90 Å². The first-order valence-electron chi connectivity index (χ1n) is 4.00. The Labute approximate surface area is 73.5 Å². The second-order valence-electron chi connectivity index (χ2n) is 3.00. The van der Waals surface area contributed by atoms with E-state index < -0.39 is 5.75 Å². The first kappa shape index (κ1) is 11.2. The van der Waals surface area contributed by atoms with E-state index in [4.69, 9.17) is 11.6 Å². The highest BCUT2D eigenvalue weighted by Crippen LogP contribution is 2.15. The minimum atomic E-state index is -0.590. The van der Waals surface area contributed by atoms with Crippen molar-refractivity contribution in [3.05, 3.63) is 5.75 Å². The van der Waals surface area contributed by atoms with Crippen LogP contribution in [0, 0.1) is 11.7 Å². The summed E-state index contributed by atoms with van der Waals surface area (Å²) in [5.74, 6) is 0.00761. The SMILES string of the molecule is CCN(CCC(C)C)[C](F)Cl. The molecule has 0 fully saturated rings. The van der Waals surface area contributed by atoms with E-state index in [-0.39, 0.29) is 0 Å². The Morgan fingerprint density at radius 2 is 2.09 bits per heavy atom. The summed E-state index contributed by atoms with van der Waals surface area (Å²) in [4.78, 5) is 1.53. The van der Waals surface area contributed by atoms with Crippen LogP contribution in [0.5, 0.6) is 0 Å². The largest absolute Gasteiger partial charge is 0.302 e. The molecule has 0 atom stereocenters. The van der Waals surface area contributed by atoms with Crippen molar-refractivity contribution in [3.63, 3.8) is 0 Å². The van der Waals surface area contributed by atoms with Gasteiger partial charge in [-0.1, -0.05) is 32.4 Å². The van der Waals surface area contributed by atoms with Gasteiger partial charge in [-0.25, -0.2) is 4.39 Å². The second kappa shape index (κ2) is 5.78. The van der Waals surface area contributed by atoms with Gasteiger partial charge in [0.1, 0.15) is 0 Å². The lowest BCUT2D eigenvalue weighted by atomic mass is 10.1. The van der Waals surface area contributed by atoms with Crippen LogP contribution in [0.15, 0.2) is 0 Å². The Bertz CT molecular complexity index is 96.1. The summed E-state index contributed by atoms with van der Waals surface area (Å²) in [6.45, 7) is 7.47. The zero-order valence-electron chi connectivity index (χ0n) is 7.40. The van der Waals surface area contributed by atoms with Crippen LogP contribution in [0.3, 0.4) is 0 Å². The molecule has 0 aliphatic heterocycles. The van der Waals surface area contributed by atoms with Crippen LogP contribution in [-0.2, 0) is 0 Å². The molecule has 0 N–H and O–H groups in total. The number of nitrogens with zero attached hydrogens (tertiary/aromatic N) is 1. The molecule has 0 aliphatic carbocycles. The average Bonchev–Trinajstić information content (AvgIpc) is 1.87. The smallest absolute Gasteiger partial charge is 0.254 e. The van der Waals surface area contributed by atoms with Crippen LogP contribution in [0.4, 0.5) is 4.39 Å². The highest BCUT2D eigenvalue weighted by atomic mass is 35.5. The standard InChI is InChI=1S/C8H16ClFN/c1-4-11(8(9)10)6-5-7(2)3/h7H,4-6H2,1-3H3. The summed E-state index contributed by atoms with van der Waals surface area (Å²) >= 11 is 5.20. The van der Waals surface area contributed by atoms with Crippen molar-refractivity contribution >= 4 is 11.6 Å². The van der Waals surface area contributed by atoms with Crippen molar-refractivity contribution in [1.82, 2.24) is 4.90 Å². The first-order valence-corrected chi connectivity index (χ1v) is 4.38. The minimum Gasteiger partial charge on any atom is -0.254 e. The maximum atomic E-state index is 12.4. The predicted molar refractivity (Wildman–Crippen MR) is 46.9 cm³/mol. The summed E-state index contributed by atoms with van der Waals surface area (Å²) in [6.07, 6.45) is 0.980. The van der Waals surface area contributed by atoms with Crippen molar-refractivity contribution in [2.75, 3.05) is 13.1 Å². The van der Waals surface area contributed by atoms with Gasteiger partial charge in [0.25, 0.3) is 0 Å². The van der Waals surface area contributed by atoms with E-state index in [1.807, 2.05) is 6.92 Å². The van der Waals surface area contributed by atoms with Crippen molar-refractivity contribution < 1.29 is 4.39 Å². The molecule has 67 valence electrons. The zero-order chi connectivity index (χ0) is 8.85. The molecule has 3 heteroatoms. The molecule has 0 aromatic carbocycles. The van der Waals surface area contributed by atoms with Gasteiger partial charge in [0, 0.05) is 6.54 Å². The van der Waals surface area contributed by atoms with Crippen molar-refractivity contribution in [3.8, 4) is 0 Å². The van der Waals surface area contributed by atoms with Gasteiger partial charge >= 0.3 is 5.75 Å². The van der Waals surface area contributed by atoms with Crippen LogP contribution < -0.4 is 0 Å². The average molecular weight is 181 g/mol. The lowest BCUT2D eigenvalue weighted by molar-refractivity contribution is 0.232. The molecular formula is C8H16ClFN. The van der Waals surface area contributed by atoms with Gasteiger partial charge in [0.05, 0.1) is 0 Å². The van der Waals surface area contributed by atoms with Gasteiger partial charge in [0.15, 0.2) is 0 Å². The number of hydrogen-bond donors (Lipinski definition) is 0. The Hall–Kier alpha value is 0.180. The molecule has 0 rings (SSSR count). The number of hydrogen-bond acceptors (Lipinski definition) is 1. The predicted octanol–water partition coefficient (Wildman–Crippen LogP) is 3.01. The maximum Gasteiger partial charge on any atom is 0.302 e. The Kier molecular flexibility index (Phi) is 5.88. The topological polar surface area (TPSA) is 3.24 Å². The summed E-state index contributed by atoms with van der Waals surface area (Å²) in [7, 11) is 0. The van der Waals surface area contributed by atoms with Crippen LogP contribution in [0.2, 0.25) is 0 Å². The molecule has 0 aromatic heterocycles. The highest BCUT2D eigenvalue weighted by molar-refractivity contribution is 6.25. The molecule has 0 bridgehead atoms. The fraction of sp³-hybridized carbons (Fsp3) is 0.875. The molecule has 0 saturated heterocycles.